The number of nitriles is 1. The third-order valence-corrected chi connectivity index (χ3v) is 2.56. The standard InChI is InChI=1S/C14H19FN2O2/c1-3-7-17-9-14(2,18)10-19-13-6-4-5-12(15)11(13)8-16/h4-6,17-18H,3,7,9-10H2,1-2H3. The van der Waals surface area contributed by atoms with Crippen molar-refractivity contribution in [3.63, 3.8) is 0 Å². The maximum absolute atomic E-state index is 13.3. The van der Waals surface area contributed by atoms with Crippen LogP contribution in [0.1, 0.15) is 25.8 Å². The largest absolute Gasteiger partial charge is 0.489 e. The van der Waals surface area contributed by atoms with Crippen LogP contribution in [0.5, 0.6) is 5.75 Å². The Labute approximate surface area is 112 Å². The van der Waals surface area contributed by atoms with Crippen molar-refractivity contribution in [3.05, 3.63) is 29.6 Å². The normalized spacial score (nSPS) is 13.6. The molecule has 104 valence electrons. The second kappa shape index (κ2) is 7.07. The summed E-state index contributed by atoms with van der Waals surface area (Å²) in [6, 6.07) is 5.93. The first-order valence-corrected chi connectivity index (χ1v) is 6.24. The highest BCUT2D eigenvalue weighted by Crippen LogP contribution is 2.21. The van der Waals surface area contributed by atoms with Crippen LogP contribution in [0.3, 0.4) is 0 Å². The Morgan fingerprint density at radius 1 is 1.53 bits per heavy atom. The minimum absolute atomic E-state index is 0.0121. The van der Waals surface area contributed by atoms with Crippen molar-refractivity contribution in [2.45, 2.75) is 25.9 Å². The van der Waals surface area contributed by atoms with Gasteiger partial charge in [0, 0.05) is 6.54 Å². The molecule has 0 aromatic heterocycles. The van der Waals surface area contributed by atoms with Crippen LogP contribution >= 0.6 is 0 Å². The van der Waals surface area contributed by atoms with Crippen LogP contribution in [-0.2, 0) is 0 Å². The number of nitrogens with one attached hydrogen (secondary N) is 1. The molecule has 2 N–H and O–H groups in total. The third-order valence-electron chi connectivity index (χ3n) is 2.56. The molecule has 0 aliphatic carbocycles. The van der Waals surface area contributed by atoms with Gasteiger partial charge in [-0.1, -0.05) is 13.0 Å². The molecule has 0 saturated carbocycles. The summed E-state index contributed by atoms with van der Waals surface area (Å²) >= 11 is 0. The van der Waals surface area contributed by atoms with Crippen LogP contribution in [0.25, 0.3) is 0 Å². The fourth-order valence-corrected chi connectivity index (χ4v) is 1.55. The van der Waals surface area contributed by atoms with Gasteiger partial charge < -0.3 is 15.2 Å². The Kier molecular flexibility index (Phi) is 5.74. The molecule has 1 aromatic rings. The molecule has 5 heteroatoms. The smallest absolute Gasteiger partial charge is 0.144 e. The van der Waals surface area contributed by atoms with Crippen LogP contribution in [0.15, 0.2) is 18.2 Å². The van der Waals surface area contributed by atoms with Crippen molar-refractivity contribution >= 4 is 0 Å². The minimum Gasteiger partial charge on any atom is -0.489 e. The number of hydrogen-bond donors (Lipinski definition) is 2. The highest BCUT2D eigenvalue weighted by Gasteiger charge is 2.22. The molecule has 19 heavy (non-hydrogen) atoms. The van der Waals surface area contributed by atoms with Crippen molar-refractivity contribution in [2.24, 2.45) is 0 Å². The predicted molar refractivity (Wildman–Crippen MR) is 70.4 cm³/mol. The fraction of sp³-hybridized carbons (Fsp3) is 0.500. The van der Waals surface area contributed by atoms with Gasteiger partial charge in [-0.3, -0.25) is 0 Å². The summed E-state index contributed by atoms with van der Waals surface area (Å²) in [7, 11) is 0. The first-order chi connectivity index (χ1) is 9.00. The van der Waals surface area contributed by atoms with E-state index < -0.39 is 11.4 Å². The molecule has 1 atom stereocenters. The second-order valence-electron chi connectivity index (χ2n) is 4.69. The number of ether oxygens (including phenoxy) is 1. The van der Waals surface area contributed by atoms with Crippen molar-refractivity contribution < 1.29 is 14.2 Å². The monoisotopic (exact) mass is 266 g/mol. The maximum Gasteiger partial charge on any atom is 0.144 e. The van der Waals surface area contributed by atoms with E-state index in [9.17, 15) is 9.50 Å². The lowest BCUT2D eigenvalue weighted by Crippen LogP contribution is -2.43. The zero-order valence-electron chi connectivity index (χ0n) is 11.2. The van der Waals surface area contributed by atoms with E-state index in [1.54, 1.807) is 13.0 Å². The van der Waals surface area contributed by atoms with E-state index in [1.807, 2.05) is 6.92 Å². The van der Waals surface area contributed by atoms with E-state index in [0.717, 1.165) is 13.0 Å². The molecule has 0 amide bonds. The van der Waals surface area contributed by atoms with Crippen LogP contribution in [0.4, 0.5) is 4.39 Å². The van der Waals surface area contributed by atoms with Crippen molar-refractivity contribution in [2.75, 3.05) is 19.7 Å². The molecular weight excluding hydrogens is 247 g/mol. The van der Waals surface area contributed by atoms with Crippen LogP contribution < -0.4 is 10.1 Å². The van der Waals surface area contributed by atoms with E-state index in [4.69, 9.17) is 10.00 Å². The van der Waals surface area contributed by atoms with Crippen LogP contribution in [-0.4, -0.2) is 30.4 Å². The van der Waals surface area contributed by atoms with E-state index in [2.05, 4.69) is 5.32 Å². The van der Waals surface area contributed by atoms with Gasteiger partial charge in [-0.25, -0.2) is 4.39 Å². The number of hydrogen-bond acceptors (Lipinski definition) is 4. The number of benzene rings is 1. The topological polar surface area (TPSA) is 65.3 Å². The highest BCUT2D eigenvalue weighted by atomic mass is 19.1. The molecule has 1 unspecified atom stereocenters. The number of halogens is 1. The van der Waals surface area contributed by atoms with Gasteiger partial charge in [0.05, 0.1) is 0 Å². The number of rotatable bonds is 7. The summed E-state index contributed by atoms with van der Waals surface area (Å²) in [5.74, 6) is -0.470. The first kappa shape index (κ1) is 15.4. The Morgan fingerprint density at radius 2 is 2.26 bits per heavy atom. The molecular formula is C14H19FN2O2. The molecule has 0 aliphatic heterocycles. The highest BCUT2D eigenvalue weighted by molar-refractivity contribution is 5.43. The van der Waals surface area contributed by atoms with Gasteiger partial charge in [-0.05, 0) is 32.0 Å². The average molecular weight is 266 g/mol. The SMILES string of the molecule is CCCNCC(C)(O)COc1cccc(F)c1C#N. The molecule has 0 bridgehead atoms. The maximum atomic E-state index is 13.3. The van der Waals surface area contributed by atoms with Crippen molar-refractivity contribution in [1.82, 2.24) is 5.32 Å². The van der Waals surface area contributed by atoms with Gasteiger partial charge in [-0.15, -0.1) is 0 Å². The van der Waals surface area contributed by atoms with Crippen molar-refractivity contribution in [1.29, 1.82) is 5.26 Å². The van der Waals surface area contributed by atoms with Crippen LogP contribution in [0.2, 0.25) is 0 Å². The summed E-state index contributed by atoms with van der Waals surface area (Å²) in [5.41, 5.74) is -1.21. The molecule has 0 spiro atoms. The lowest BCUT2D eigenvalue weighted by atomic mass is 10.1. The van der Waals surface area contributed by atoms with E-state index in [-0.39, 0.29) is 17.9 Å². The van der Waals surface area contributed by atoms with Gasteiger partial charge in [0.25, 0.3) is 0 Å². The molecule has 1 rings (SSSR count). The Bertz CT molecular complexity index is 455. The van der Waals surface area contributed by atoms with E-state index in [1.165, 1.54) is 18.2 Å². The molecule has 0 radical (unpaired) electrons. The Morgan fingerprint density at radius 3 is 2.89 bits per heavy atom. The lowest BCUT2D eigenvalue weighted by molar-refractivity contribution is 0.0123. The van der Waals surface area contributed by atoms with E-state index in [0.29, 0.717) is 6.54 Å². The molecule has 0 aliphatic rings. The van der Waals surface area contributed by atoms with Crippen molar-refractivity contribution in [3.8, 4) is 11.8 Å². The predicted octanol–water partition coefficient (Wildman–Crippen LogP) is 1.83. The number of aliphatic hydroxyl groups is 1. The second-order valence-corrected chi connectivity index (χ2v) is 4.69. The average Bonchev–Trinajstić information content (AvgIpc) is 2.37. The van der Waals surface area contributed by atoms with Crippen LogP contribution in [0, 0.1) is 17.1 Å². The number of nitrogens with zero attached hydrogens (tertiary/aromatic N) is 1. The van der Waals surface area contributed by atoms with Gasteiger partial charge >= 0.3 is 0 Å². The summed E-state index contributed by atoms with van der Waals surface area (Å²) in [6.45, 7) is 4.82. The van der Waals surface area contributed by atoms with Gasteiger partial charge in [0.1, 0.15) is 35.4 Å². The lowest BCUT2D eigenvalue weighted by Gasteiger charge is -2.24. The first-order valence-electron chi connectivity index (χ1n) is 6.24. The molecule has 0 saturated heterocycles. The fourth-order valence-electron chi connectivity index (χ4n) is 1.55. The van der Waals surface area contributed by atoms with E-state index >= 15 is 0 Å². The molecule has 4 nitrogen and oxygen atoms in total. The van der Waals surface area contributed by atoms with Gasteiger partial charge in [0.2, 0.25) is 0 Å². The van der Waals surface area contributed by atoms with Gasteiger partial charge in [-0.2, -0.15) is 5.26 Å². The summed E-state index contributed by atoms with van der Waals surface area (Å²) < 4.78 is 18.7. The Balaban J connectivity index is 2.61. The Hall–Kier alpha value is -1.64. The minimum atomic E-state index is -1.08. The zero-order valence-corrected chi connectivity index (χ0v) is 11.2. The summed E-state index contributed by atoms with van der Waals surface area (Å²) in [4.78, 5) is 0. The molecule has 0 fully saturated rings. The van der Waals surface area contributed by atoms with Gasteiger partial charge in [0.15, 0.2) is 0 Å². The third kappa shape index (κ3) is 4.86. The quantitative estimate of drug-likeness (QED) is 0.739. The summed E-state index contributed by atoms with van der Waals surface area (Å²) in [5, 5.41) is 22.0. The summed E-state index contributed by atoms with van der Waals surface area (Å²) in [6.07, 6.45) is 0.972. The molecule has 0 heterocycles. The zero-order chi connectivity index (χ0) is 14.3. The molecule has 1 aromatic carbocycles.